The molecule has 0 amide bonds. The van der Waals surface area contributed by atoms with Crippen molar-refractivity contribution in [3.8, 4) is 67.5 Å². The van der Waals surface area contributed by atoms with Crippen LogP contribution in [0.2, 0.25) is 0 Å². The first kappa shape index (κ1) is 30.6. The standard InChI is InChI=1S/C49H31N3O/c1-3-10-32(11-4-1)33-18-20-34(21-19-33)35-22-26-38(27-23-35)48-50-47(37-12-5-2-6-13-37)51-49(52-48)40-29-25-36-24-28-39(30-41(36)31-40)42-15-9-17-45-46(42)43-14-7-8-16-44(43)53-45/h1-31H. The minimum atomic E-state index is 0.629. The van der Waals surface area contributed by atoms with E-state index in [0.717, 1.165) is 71.7 Å². The normalized spacial score (nSPS) is 11.4. The molecule has 0 spiro atoms. The summed E-state index contributed by atoms with van der Waals surface area (Å²) in [5.41, 5.74) is 11.6. The number of hydrogen-bond acceptors (Lipinski definition) is 4. The third-order valence-corrected chi connectivity index (χ3v) is 9.95. The molecule has 0 saturated heterocycles. The topological polar surface area (TPSA) is 51.8 Å². The fourth-order valence-corrected chi connectivity index (χ4v) is 7.22. The van der Waals surface area contributed by atoms with Crippen LogP contribution in [0.25, 0.3) is 100 Å². The van der Waals surface area contributed by atoms with E-state index in [-0.39, 0.29) is 0 Å². The SMILES string of the molecule is c1ccc(-c2ccc(-c3ccc(-c4nc(-c5ccccc5)nc(-c5ccc6ccc(-c7cccc8oc9ccccc9c78)cc6c5)n4)cc3)cc2)cc1. The molecule has 0 unspecified atom stereocenters. The van der Waals surface area contributed by atoms with Crippen molar-refractivity contribution in [2.24, 2.45) is 0 Å². The minimum Gasteiger partial charge on any atom is -0.456 e. The van der Waals surface area contributed by atoms with Crippen molar-refractivity contribution in [1.29, 1.82) is 0 Å². The fraction of sp³-hybridized carbons (Fsp3) is 0. The van der Waals surface area contributed by atoms with Crippen molar-refractivity contribution in [1.82, 2.24) is 15.0 Å². The molecule has 53 heavy (non-hydrogen) atoms. The lowest BCUT2D eigenvalue weighted by Crippen LogP contribution is -2.00. The summed E-state index contributed by atoms with van der Waals surface area (Å²) in [6.07, 6.45) is 0. The average Bonchev–Trinajstić information content (AvgIpc) is 3.63. The van der Waals surface area contributed by atoms with Gasteiger partial charge in [0, 0.05) is 27.5 Å². The highest BCUT2D eigenvalue weighted by atomic mass is 16.3. The summed E-state index contributed by atoms with van der Waals surface area (Å²) in [5.74, 6) is 1.90. The van der Waals surface area contributed by atoms with E-state index < -0.39 is 0 Å². The van der Waals surface area contributed by atoms with Gasteiger partial charge in [0.1, 0.15) is 11.2 Å². The summed E-state index contributed by atoms with van der Waals surface area (Å²) in [6.45, 7) is 0. The van der Waals surface area contributed by atoms with Crippen LogP contribution in [0, 0.1) is 0 Å². The van der Waals surface area contributed by atoms with E-state index in [1.54, 1.807) is 0 Å². The third kappa shape index (κ3) is 5.73. The van der Waals surface area contributed by atoms with Crippen LogP contribution in [0.15, 0.2) is 192 Å². The zero-order chi connectivity index (χ0) is 35.1. The second-order valence-corrected chi connectivity index (χ2v) is 13.2. The van der Waals surface area contributed by atoms with Gasteiger partial charge in [-0.25, -0.2) is 15.0 Å². The summed E-state index contributed by atoms with van der Waals surface area (Å²) in [7, 11) is 0. The number of furan rings is 1. The second kappa shape index (κ2) is 12.9. The highest BCUT2D eigenvalue weighted by molar-refractivity contribution is 6.12. The summed E-state index contributed by atoms with van der Waals surface area (Å²) in [5, 5.41) is 4.50. The Kier molecular flexibility index (Phi) is 7.43. The van der Waals surface area contributed by atoms with Crippen LogP contribution in [0.3, 0.4) is 0 Å². The van der Waals surface area contributed by atoms with Crippen molar-refractivity contribution in [2.75, 3.05) is 0 Å². The Morgan fingerprint density at radius 2 is 0.755 bits per heavy atom. The predicted octanol–water partition coefficient (Wildman–Crippen LogP) is 12.9. The van der Waals surface area contributed by atoms with E-state index in [0.29, 0.717) is 17.5 Å². The molecule has 0 atom stereocenters. The molecule has 8 aromatic carbocycles. The number of hydrogen-bond donors (Lipinski definition) is 0. The fourth-order valence-electron chi connectivity index (χ4n) is 7.22. The first-order valence-electron chi connectivity index (χ1n) is 17.8. The van der Waals surface area contributed by atoms with E-state index >= 15 is 0 Å². The van der Waals surface area contributed by atoms with Crippen LogP contribution < -0.4 is 0 Å². The molecule has 0 aliphatic carbocycles. The molecule has 4 heteroatoms. The number of fused-ring (bicyclic) bond motifs is 4. The highest BCUT2D eigenvalue weighted by Crippen LogP contribution is 2.38. The van der Waals surface area contributed by atoms with Gasteiger partial charge in [0.05, 0.1) is 0 Å². The molecule has 248 valence electrons. The average molecular weight is 678 g/mol. The second-order valence-electron chi connectivity index (χ2n) is 13.2. The molecule has 0 saturated carbocycles. The maximum absolute atomic E-state index is 6.20. The molecule has 0 radical (unpaired) electrons. The molecule has 0 fully saturated rings. The number of rotatable bonds is 6. The molecular formula is C49H31N3O. The van der Waals surface area contributed by atoms with Gasteiger partial charge in [-0.2, -0.15) is 0 Å². The quantitative estimate of drug-likeness (QED) is 0.176. The summed E-state index contributed by atoms with van der Waals surface area (Å²) >= 11 is 0. The third-order valence-electron chi connectivity index (χ3n) is 9.95. The first-order chi connectivity index (χ1) is 26.2. The van der Waals surface area contributed by atoms with Crippen molar-refractivity contribution in [3.63, 3.8) is 0 Å². The Morgan fingerprint density at radius 1 is 0.302 bits per heavy atom. The Morgan fingerprint density at radius 3 is 1.42 bits per heavy atom. The number of nitrogens with zero attached hydrogens (tertiary/aromatic N) is 3. The molecule has 2 heterocycles. The maximum Gasteiger partial charge on any atom is 0.164 e. The Hall–Kier alpha value is -7.17. The predicted molar refractivity (Wildman–Crippen MR) is 217 cm³/mol. The van der Waals surface area contributed by atoms with Crippen molar-refractivity contribution in [3.05, 3.63) is 188 Å². The number of benzene rings is 8. The van der Waals surface area contributed by atoms with Gasteiger partial charge in [0.25, 0.3) is 0 Å². The van der Waals surface area contributed by atoms with E-state index in [4.69, 9.17) is 19.4 Å². The van der Waals surface area contributed by atoms with Crippen LogP contribution in [0.4, 0.5) is 0 Å². The van der Waals surface area contributed by atoms with E-state index in [2.05, 4.69) is 133 Å². The van der Waals surface area contributed by atoms with Gasteiger partial charge in [0.2, 0.25) is 0 Å². The zero-order valence-corrected chi connectivity index (χ0v) is 28.6. The van der Waals surface area contributed by atoms with E-state index in [9.17, 15) is 0 Å². The van der Waals surface area contributed by atoms with Gasteiger partial charge in [-0.1, -0.05) is 164 Å². The minimum absolute atomic E-state index is 0.629. The molecule has 0 aliphatic rings. The molecular weight excluding hydrogens is 647 g/mol. The van der Waals surface area contributed by atoms with Gasteiger partial charge in [-0.3, -0.25) is 0 Å². The molecule has 4 nitrogen and oxygen atoms in total. The molecule has 0 aliphatic heterocycles. The smallest absolute Gasteiger partial charge is 0.164 e. The first-order valence-corrected chi connectivity index (χ1v) is 17.8. The Balaban J connectivity index is 1.03. The largest absolute Gasteiger partial charge is 0.456 e. The highest BCUT2D eigenvalue weighted by Gasteiger charge is 2.15. The van der Waals surface area contributed by atoms with E-state index in [1.165, 1.54) is 11.1 Å². The maximum atomic E-state index is 6.20. The van der Waals surface area contributed by atoms with Crippen LogP contribution in [-0.2, 0) is 0 Å². The van der Waals surface area contributed by atoms with Crippen molar-refractivity contribution in [2.45, 2.75) is 0 Å². The van der Waals surface area contributed by atoms with Gasteiger partial charge in [-0.15, -0.1) is 0 Å². The lowest BCUT2D eigenvalue weighted by Gasteiger charge is -2.11. The van der Waals surface area contributed by atoms with Gasteiger partial charge < -0.3 is 4.42 Å². The molecule has 2 aromatic heterocycles. The van der Waals surface area contributed by atoms with Crippen LogP contribution in [0.1, 0.15) is 0 Å². The lowest BCUT2D eigenvalue weighted by molar-refractivity contribution is 0.669. The van der Waals surface area contributed by atoms with Crippen LogP contribution >= 0.6 is 0 Å². The zero-order valence-electron chi connectivity index (χ0n) is 28.6. The Bertz CT molecular complexity index is 2910. The van der Waals surface area contributed by atoms with Crippen molar-refractivity contribution < 1.29 is 4.42 Å². The van der Waals surface area contributed by atoms with Crippen LogP contribution in [0.5, 0.6) is 0 Å². The lowest BCUT2D eigenvalue weighted by atomic mass is 9.96. The van der Waals surface area contributed by atoms with Crippen LogP contribution in [-0.4, -0.2) is 15.0 Å². The molecule has 10 rings (SSSR count). The van der Waals surface area contributed by atoms with Gasteiger partial charge in [-0.05, 0) is 68.4 Å². The van der Waals surface area contributed by atoms with Crippen molar-refractivity contribution >= 4 is 32.7 Å². The Labute approximate surface area is 306 Å². The van der Waals surface area contributed by atoms with E-state index in [1.807, 2.05) is 54.6 Å². The van der Waals surface area contributed by atoms with Gasteiger partial charge >= 0.3 is 0 Å². The summed E-state index contributed by atoms with van der Waals surface area (Å²) < 4.78 is 6.20. The number of para-hydroxylation sites is 1. The number of aromatic nitrogens is 3. The molecule has 0 bridgehead atoms. The summed E-state index contributed by atoms with van der Waals surface area (Å²) in [6, 6.07) is 65.3. The van der Waals surface area contributed by atoms with Gasteiger partial charge in [0.15, 0.2) is 17.5 Å². The molecule has 0 N–H and O–H groups in total. The molecule has 10 aromatic rings. The monoisotopic (exact) mass is 677 g/mol. The summed E-state index contributed by atoms with van der Waals surface area (Å²) in [4.78, 5) is 15.1.